The molecule has 2 aromatic rings. The average molecular weight is 378 g/mol. The Labute approximate surface area is 165 Å². The predicted molar refractivity (Wildman–Crippen MR) is 110 cm³/mol. The van der Waals surface area contributed by atoms with Crippen LogP contribution in [0.25, 0.3) is 5.57 Å². The minimum absolute atomic E-state index is 0.0144. The number of aromatic carboxylic acids is 1. The molecule has 3 rings (SSSR count). The van der Waals surface area contributed by atoms with Crippen molar-refractivity contribution in [3.05, 3.63) is 71.3 Å². The summed E-state index contributed by atoms with van der Waals surface area (Å²) in [6.07, 6.45) is 2.18. The van der Waals surface area contributed by atoms with E-state index in [-0.39, 0.29) is 27.7 Å². The van der Waals surface area contributed by atoms with Crippen LogP contribution >= 0.6 is 0 Å². The zero-order valence-corrected chi connectivity index (χ0v) is 16.8. The molecule has 0 saturated carbocycles. The minimum atomic E-state index is -1.15. The summed E-state index contributed by atoms with van der Waals surface area (Å²) >= 11 is 0. The molecule has 4 nitrogen and oxygen atoms in total. The first-order chi connectivity index (χ1) is 13.0. The van der Waals surface area contributed by atoms with Gasteiger partial charge in [0.1, 0.15) is 11.3 Å². The van der Waals surface area contributed by atoms with Gasteiger partial charge in [-0.05, 0) is 52.5 Å². The quantitative estimate of drug-likeness (QED) is 0.442. The molecule has 0 unspecified atom stereocenters. The second-order valence-corrected chi connectivity index (χ2v) is 8.70. The van der Waals surface area contributed by atoms with Crippen LogP contribution in [-0.4, -0.2) is 17.0 Å². The van der Waals surface area contributed by atoms with Crippen molar-refractivity contribution in [1.29, 1.82) is 0 Å². The summed E-state index contributed by atoms with van der Waals surface area (Å²) in [5, 5.41) is 9.26. The van der Waals surface area contributed by atoms with Crippen molar-refractivity contribution in [2.45, 2.75) is 51.4 Å². The van der Waals surface area contributed by atoms with E-state index in [1.807, 2.05) is 12.1 Å². The lowest BCUT2D eigenvalue weighted by molar-refractivity contribution is -0.127. The van der Waals surface area contributed by atoms with Crippen LogP contribution in [0, 0.1) is 0 Å². The third-order valence-corrected chi connectivity index (χ3v) is 5.77. The van der Waals surface area contributed by atoms with Gasteiger partial charge in [-0.3, -0.25) is 0 Å². The molecule has 1 aliphatic carbocycles. The number of carboxylic acids is 1. The minimum Gasteiger partial charge on any atom is -0.478 e. The van der Waals surface area contributed by atoms with E-state index in [0.717, 1.165) is 12.8 Å². The Bertz CT molecular complexity index is 966. The number of hydrogen-bond donors (Lipinski definition) is 1. The molecule has 0 heterocycles. The lowest BCUT2D eigenvalue weighted by Crippen LogP contribution is -2.33. The Morgan fingerprint density at radius 1 is 0.964 bits per heavy atom. The van der Waals surface area contributed by atoms with Gasteiger partial charge in [-0.15, -0.1) is 0 Å². The van der Waals surface area contributed by atoms with Crippen LogP contribution in [0.1, 0.15) is 67.6 Å². The highest BCUT2D eigenvalue weighted by Gasteiger charge is 2.37. The first-order valence-corrected chi connectivity index (χ1v) is 9.42. The Hall–Kier alpha value is -2.88. The van der Waals surface area contributed by atoms with E-state index >= 15 is 0 Å². The molecule has 1 aliphatic rings. The van der Waals surface area contributed by atoms with Crippen LogP contribution in [0.4, 0.5) is 0 Å². The normalized spacial score (nSPS) is 16.7. The van der Waals surface area contributed by atoms with Crippen LogP contribution < -0.4 is 4.74 Å². The maximum Gasteiger partial charge on any atom is 0.343 e. The average Bonchev–Trinajstić information content (AvgIpc) is 2.65. The number of carboxylic acid groups (broad SMARTS) is 1. The van der Waals surface area contributed by atoms with Crippen molar-refractivity contribution in [3.63, 3.8) is 0 Å². The number of para-hydroxylation sites is 1. The smallest absolute Gasteiger partial charge is 0.343 e. The molecule has 0 saturated heterocycles. The van der Waals surface area contributed by atoms with E-state index < -0.39 is 11.9 Å². The number of rotatable bonds is 4. The zero-order valence-electron chi connectivity index (χ0n) is 16.8. The molecule has 28 heavy (non-hydrogen) atoms. The Kier molecular flexibility index (Phi) is 4.92. The third-order valence-electron chi connectivity index (χ3n) is 5.77. The summed E-state index contributed by atoms with van der Waals surface area (Å²) < 4.78 is 5.34. The second-order valence-electron chi connectivity index (χ2n) is 8.70. The molecule has 0 bridgehead atoms. The number of esters is 1. The molecule has 0 spiro atoms. The van der Waals surface area contributed by atoms with Crippen molar-refractivity contribution in [2.75, 3.05) is 0 Å². The Morgan fingerprint density at radius 3 is 2.21 bits per heavy atom. The van der Waals surface area contributed by atoms with E-state index in [1.54, 1.807) is 12.1 Å². The SMILES string of the molecule is C=C(C(=O)Oc1ccccc1C(=O)O)c1ccc2c(c1)C(C)(C)CCC2(C)C. The summed E-state index contributed by atoms with van der Waals surface area (Å²) in [7, 11) is 0. The molecule has 146 valence electrons. The van der Waals surface area contributed by atoms with Crippen molar-refractivity contribution >= 4 is 17.5 Å². The van der Waals surface area contributed by atoms with Crippen LogP contribution in [-0.2, 0) is 15.6 Å². The van der Waals surface area contributed by atoms with Crippen molar-refractivity contribution in [2.24, 2.45) is 0 Å². The number of carbonyl (C=O) groups excluding carboxylic acids is 1. The summed E-state index contributed by atoms with van der Waals surface area (Å²) in [5.74, 6) is -1.78. The first-order valence-electron chi connectivity index (χ1n) is 9.42. The second kappa shape index (κ2) is 6.93. The van der Waals surface area contributed by atoms with E-state index in [2.05, 4.69) is 40.3 Å². The molecule has 1 N–H and O–H groups in total. The lowest BCUT2D eigenvalue weighted by atomic mass is 9.63. The molecule has 0 aromatic heterocycles. The maximum absolute atomic E-state index is 12.6. The molecule has 0 aliphatic heterocycles. The van der Waals surface area contributed by atoms with E-state index in [9.17, 15) is 14.7 Å². The summed E-state index contributed by atoms with van der Waals surface area (Å²) in [5.41, 5.74) is 3.47. The highest BCUT2D eigenvalue weighted by Crippen LogP contribution is 2.46. The van der Waals surface area contributed by atoms with Gasteiger partial charge in [0.15, 0.2) is 0 Å². The topological polar surface area (TPSA) is 63.6 Å². The van der Waals surface area contributed by atoms with Gasteiger partial charge in [0.05, 0.1) is 5.57 Å². The first kappa shape index (κ1) is 19.9. The molecule has 0 fully saturated rings. The highest BCUT2D eigenvalue weighted by molar-refractivity contribution is 6.16. The number of ether oxygens (including phenoxy) is 1. The molecular formula is C24H26O4. The van der Waals surface area contributed by atoms with Gasteiger partial charge in [-0.25, -0.2) is 9.59 Å². The van der Waals surface area contributed by atoms with E-state index in [4.69, 9.17) is 4.74 Å². The zero-order chi connectivity index (χ0) is 20.7. The standard InChI is InChI=1S/C24H26O4/c1-15(22(27)28-20-9-7-6-8-17(20)21(25)26)16-10-11-18-19(14-16)24(4,5)13-12-23(18,2)3/h6-11,14H,1,12-13H2,2-5H3,(H,25,26). The van der Waals surface area contributed by atoms with Gasteiger partial charge in [0, 0.05) is 0 Å². The molecular weight excluding hydrogens is 352 g/mol. The number of hydrogen-bond acceptors (Lipinski definition) is 3. The van der Waals surface area contributed by atoms with E-state index in [1.165, 1.54) is 23.3 Å². The van der Waals surface area contributed by atoms with Gasteiger partial charge in [-0.2, -0.15) is 0 Å². The molecule has 0 atom stereocenters. The van der Waals surface area contributed by atoms with Crippen LogP contribution in [0.5, 0.6) is 5.75 Å². The van der Waals surface area contributed by atoms with Gasteiger partial charge >= 0.3 is 11.9 Å². The summed E-state index contributed by atoms with van der Waals surface area (Å²) in [4.78, 5) is 24.0. The lowest BCUT2D eigenvalue weighted by Gasteiger charge is -2.42. The van der Waals surface area contributed by atoms with Gasteiger partial charge in [0.25, 0.3) is 0 Å². The van der Waals surface area contributed by atoms with Crippen molar-refractivity contribution < 1.29 is 19.4 Å². The number of fused-ring (bicyclic) bond motifs is 1. The largest absolute Gasteiger partial charge is 0.478 e. The van der Waals surface area contributed by atoms with Gasteiger partial charge in [0.2, 0.25) is 0 Å². The van der Waals surface area contributed by atoms with E-state index in [0.29, 0.717) is 5.56 Å². The highest BCUT2D eigenvalue weighted by atomic mass is 16.5. The van der Waals surface area contributed by atoms with Crippen molar-refractivity contribution in [1.82, 2.24) is 0 Å². The molecule has 0 amide bonds. The number of benzene rings is 2. The van der Waals surface area contributed by atoms with Crippen LogP contribution in [0.3, 0.4) is 0 Å². The van der Waals surface area contributed by atoms with Crippen LogP contribution in [0.15, 0.2) is 49.0 Å². The fourth-order valence-electron chi connectivity index (χ4n) is 3.79. The van der Waals surface area contributed by atoms with Gasteiger partial charge < -0.3 is 9.84 Å². The molecule has 2 aromatic carbocycles. The number of carbonyl (C=O) groups is 2. The Balaban J connectivity index is 1.92. The van der Waals surface area contributed by atoms with Crippen molar-refractivity contribution in [3.8, 4) is 5.75 Å². The Morgan fingerprint density at radius 2 is 1.57 bits per heavy atom. The predicted octanol–water partition coefficient (Wildman–Crippen LogP) is 5.35. The van der Waals surface area contributed by atoms with Crippen LogP contribution in [0.2, 0.25) is 0 Å². The maximum atomic E-state index is 12.6. The summed E-state index contributed by atoms with van der Waals surface area (Å²) in [6, 6.07) is 12.1. The fraction of sp³-hybridized carbons (Fsp3) is 0.333. The third kappa shape index (κ3) is 3.59. The summed E-state index contributed by atoms with van der Waals surface area (Å²) in [6.45, 7) is 12.8. The molecule has 4 heteroatoms. The molecule has 0 radical (unpaired) electrons. The fourth-order valence-corrected chi connectivity index (χ4v) is 3.79. The van der Waals surface area contributed by atoms with Gasteiger partial charge in [-0.1, -0.05) is 64.6 Å². The monoisotopic (exact) mass is 378 g/mol.